The average molecular weight is 428 g/mol. The third-order valence-corrected chi connectivity index (χ3v) is 5.65. The zero-order valence-corrected chi connectivity index (χ0v) is 16.5. The predicted molar refractivity (Wildman–Crippen MR) is 109 cm³/mol. The Balaban J connectivity index is 1.70. The van der Waals surface area contributed by atoms with Crippen LogP contribution in [0.5, 0.6) is 0 Å². The molecule has 1 N–H and O–H groups in total. The molecule has 0 unspecified atom stereocenters. The van der Waals surface area contributed by atoms with Crippen LogP contribution in [-0.4, -0.2) is 52.1 Å². The molecule has 0 aromatic heterocycles. The van der Waals surface area contributed by atoms with Gasteiger partial charge in [-0.2, -0.15) is 0 Å². The first kappa shape index (κ1) is 18.3. The highest BCUT2D eigenvalue weighted by Crippen LogP contribution is 2.27. The fourth-order valence-electron chi connectivity index (χ4n) is 3.71. The third-order valence-electron chi connectivity index (χ3n) is 5.12. The zero-order valence-electron chi connectivity index (χ0n) is 15.0. The molecule has 2 aromatic carbocycles. The van der Waals surface area contributed by atoms with E-state index in [0.29, 0.717) is 11.4 Å². The summed E-state index contributed by atoms with van der Waals surface area (Å²) >= 11 is 3.40. The smallest absolute Gasteiger partial charge is 0.261 e. The summed E-state index contributed by atoms with van der Waals surface area (Å²) in [6.45, 7) is 1.79. The molecule has 6 heteroatoms. The molecule has 0 aliphatic carbocycles. The van der Waals surface area contributed by atoms with Gasteiger partial charge in [0.1, 0.15) is 12.0 Å². The Morgan fingerprint density at radius 3 is 2.33 bits per heavy atom. The van der Waals surface area contributed by atoms with Gasteiger partial charge in [-0.1, -0.05) is 52.7 Å². The number of aliphatic hydroxyl groups is 1. The lowest BCUT2D eigenvalue weighted by molar-refractivity contribution is -0.00822. The van der Waals surface area contributed by atoms with Crippen LogP contribution in [0.3, 0.4) is 0 Å². The molecule has 2 aliphatic rings. The van der Waals surface area contributed by atoms with Gasteiger partial charge in [-0.25, -0.2) is 4.99 Å². The van der Waals surface area contributed by atoms with Gasteiger partial charge in [0.25, 0.3) is 5.91 Å². The molecule has 0 radical (unpaired) electrons. The molecular formula is C21H22BrN3O2. The highest BCUT2D eigenvalue weighted by Gasteiger charge is 2.42. The second kappa shape index (κ2) is 7.92. The number of likely N-dealkylation sites (tertiary alicyclic amines) is 1. The van der Waals surface area contributed by atoms with E-state index in [1.165, 1.54) is 11.3 Å². The largest absolute Gasteiger partial charge is 0.370 e. The second-order valence-corrected chi connectivity index (χ2v) is 7.84. The van der Waals surface area contributed by atoms with Crippen LogP contribution in [0.25, 0.3) is 0 Å². The van der Waals surface area contributed by atoms with Crippen LogP contribution in [0.4, 0.5) is 0 Å². The van der Waals surface area contributed by atoms with Gasteiger partial charge in [0.2, 0.25) is 0 Å². The summed E-state index contributed by atoms with van der Waals surface area (Å²) in [4.78, 5) is 21.7. The average Bonchev–Trinajstić information content (AvgIpc) is 3.06. The normalized spacial score (nSPS) is 23.3. The van der Waals surface area contributed by atoms with Crippen LogP contribution < -0.4 is 0 Å². The number of nitrogens with zero attached hydrogens (tertiary/aromatic N) is 3. The number of aliphatic imine (C=N–C) groups is 1. The maximum absolute atomic E-state index is 13.2. The van der Waals surface area contributed by atoms with Crippen LogP contribution in [0.15, 0.2) is 64.1 Å². The number of carbonyl (C=O) groups is 1. The highest BCUT2D eigenvalue weighted by molar-refractivity contribution is 9.10. The van der Waals surface area contributed by atoms with E-state index in [0.717, 1.165) is 36.0 Å². The van der Waals surface area contributed by atoms with E-state index in [1.807, 2.05) is 42.5 Å². The van der Waals surface area contributed by atoms with Crippen LogP contribution >= 0.6 is 15.9 Å². The Bertz CT molecular complexity index is 832. The molecule has 4 rings (SSSR count). The number of amidine groups is 1. The molecule has 2 aliphatic heterocycles. The van der Waals surface area contributed by atoms with Crippen molar-refractivity contribution >= 4 is 27.7 Å². The van der Waals surface area contributed by atoms with Crippen LogP contribution in [0.2, 0.25) is 0 Å². The van der Waals surface area contributed by atoms with Gasteiger partial charge in [0.05, 0.1) is 0 Å². The molecule has 5 nitrogen and oxygen atoms in total. The number of benzene rings is 2. The fraction of sp³-hybridized carbons (Fsp3) is 0.333. The second-order valence-electron chi connectivity index (χ2n) is 6.92. The predicted octanol–water partition coefficient (Wildman–Crippen LogP) is 3.48. The van der Waals surface area contributed by atoms with Crippen LogP contribution in [0.1, 0.15) is 35.2 Å². The Kier molecular flexibility index (Phi) is 5.38. The van der Waals surface area contributed by atoms with E-state index in [-0.39, 0.29) is 5.91 Å². The van der Waals surface area contributed by atoms with Gasteiger partial charge >= 0.3 is 0 Å². The summed E-state index contributed by atoms with van der Waals surface area (Å²) in [7, 11) is 0. The van der Waals surface area contributed by atoms with E-state index < -0.39 is 12.4 Å². The monoisotopic (exact) mass is 427 g/mol. The molecule has 140 valence electrons. The molecule has 0 saturated carbocycles. The molecule has 1 amide bonds. The minimum Gasteiger partial charge on any atom is -0.370 e. The van der Waals surface area contributed by atoms with Gasteiger partial charge in [-0.3, -0.25) is 14.6 Å². The molecule has 0 spiro atoms. The van der Waals surface area contributed by atoms with E-state index in [2.05, 4.69) is 20.8 Å². The first-order valence-corrected chi connectivity index (χ1v) is 10.1. The maximum atomic E-state index is 13.2. The molecule has 1 fully saturated rings. The Morgan fingerprint density at radius 2 is 1.67 bits per heavy atom. The number of carbonyl (C=O) groups excluding carboxylic acids is 1. The molecule has 1 saturated heterocycles. The first-order chi connectivity index (χ1) is 13.1. The van der Waals surface area contributed by atoms with Crippen molar-refractivity contribution in [1.82, 2.24) is 9.80 Å². The molecule has 2 atom stereocenters. The van der Waals surface area contributed by atoms with Crippen molar-refractivity contribution in [3.8, 4) is 0 Å². The Hall–Kier alpha value is -2.02. The van der Waals surface area contributed by atoms with Gasteiger partial charge in [-0.05, 0) is 37.1 Å². The first-order valence-electron chi connectivity index (χ1n) is 9.29. The van der Waals surface area contributed by atoms with Crippen LogP contribution in [-0.2, 0) is 0 Å². The summed E-state index contributed by atoms with van der Waals surface area (Å²) in [5.74, 6) is 0.295. The van der Waals surface area contributed by atoms with Gasteiger partial charge in [0, 0.05) is 28.7 Å². The van der Waals surface area contributed by atoms with E-state index in [4.69, 9.17) is 4.99 Å². The molecule has 2 heterocycles. The molecule has 27 heavy (non-hydrogen) atoms. The fourth-order valence-corrected chi connectivity index (χ4v) is 3.98. The number of piperidine rings is 1. The van der Waals surface area contributed by atoms with E-state index in [9.17, 15) is 9.90 Å². The third kappa shape index (κ3) is 3.70. The van der Waals surface area contributed by atoms with Gasteiger partial charge in [-0.15, -0.1) is 0 Å². The summed E-state index contributed by atoms with van der Waals surface area (Å²) < 4.78 is 0.907. The number of hydrogen-bond donors (Lipinski definition) is 1. The Labute approximate surface area is 167 Å². The highest BCUT2D eigenvalue weighted by atomic mass is 79.9. The number of aliphatic hydroxyl groups excluding tert-OH is 1. The molecule has 0 bridgehead atoms. The standard InChI is InChI=1S/C21H22BrN3O2/c22-17-11-9-16(10-12-17)20(26)25-18(15-7-3-1-4-8-15)23-19(21(25)27)24-13-5-2-6-14-24/h1,3-4,7-12,19,21,27H,2,5-6,13-14H2/t19-,21-/m0/s1. The summed E-state index contributed by atoms with van der Waals surface area (Å²) in [6.07, 6.45) is 1.99. The van der Waals surface area contributed by atoms with Crippen molar-refractivity contribution in [2.24, 2.45) is 4.99 Å². The SMILES string of the molecule is O=C(c1ccc(Br)cc1)N1C(c2ccccc2)=N[C@@H](N2CCCCC2)[C@@H]1O. The van der Waals surface area contributed by atoms with Crippen LogP contribution in [0, 0.1) is 0 Å². The lowest BCUT2D eigenvalue weighted by atomic mass is 10.1. The lowest BCUT2D eigenvalue weighted by Gasteiger charge is -2.33. The van der Waals surface area contributed by atoms with E-state index in [1.54, 1.807) is 12.1 Å². The zero-order chi connectivity index (χ0) is 18.8. The van der Waals surface area contributed by atoms with E-state index >= 15 is 0 Å². The lowest BCUT2D eigenvalue weighted by Crippen LogP contribution is -2.50. The number of halogens is 1. The topological polar surface area (TPSA) is 56.1 Å². The molecule has 2 aromatic rings. The van der Waals surface area contributed by atoms with Crippen molar-refractivity contribution in [2.45, 2.75) is 31.7 Å². The van der Waals surface area contributed by atoms with Crippen molar-refractivity contribution in [1.29, 1.82) is 0 Å². The summed E-state index contributed by atoms with van der Waals surface area (Å²) in [6, 6.07) is 16.8. The van der Waals surface area contributed by atoms with Gasteiger partial charge < -0.3 is 5.11 Å². The van der Waals surface area contributed by atoms with Crippen molar-refractivity contribution in [3.05, 3.63) is 70.2 Å². The Morgan fingerprint density at radius 1 is 1.00 bits per heavy atom. The summed E-state index contributed by atoms with van der Waals surface area (Å²) in [5.41, 5.74) is 1.36. The maximum Gasteiger partial charge on any atom is 0.261 e. The van der Waals surface area contributed by atoms with Gasteiger partial charge in [0.15, 0.2) is 6.23 Å². The van der Waals surface area contributed by atoms with Crippen molar-refractivity contribution in [3.63, 3.8) is 0 Å². The summed E-state index contributed by atoms with van der Waals surface area (Å²) in [5, 5.41) is 11.1. The van der Waals surface area contributed by atoms with Crippen molar-refractivity contribution < 1.29 is 9.90 Å². The minimum atomic E-state index is -0.991. The number of hydrogen-bond acceptors (Lipinski definition) is 4. The molecular weight excluding hydrogens is 406 g/mol. The number of amides is 1. The minimum absolute atomic E-state index is 0.239. The van der Waals surface area contributed by atoms with Crippen molar-refractivity contribution in [2.75, 3.05) is 13.1 Å². The number of rotatable bonds is 3. The quantitative estimate of drug-likeness (QED) is 0.815.